The Morgan fingerprint density at radius 1 is 1.19 bits per heavy atom. The van der Waals surface area contributed by atoms with E-state index in [9.17, 15) is 20.1 Å². The molecule has 2 rings (SSSR count). The van der Waals surface area contributed by atoms with Crippen molar-refractivity contribution in [1.82, 2.24) is 0 Å². The Hall–Kier alpha value is -0.0100. The summed E-state index contributed by atoms with van der Waals surface area (Å²) in [6.07, 6.45) is 4.05. The summed E-state index contributed by atoms with van der Waals surface area (Å²) in [6.45, 7) is -0.0941. The average Bonchev–Trinajstić information content (AvgIpc) is 2.54. The number of aliphatic hydroxyl groups is 2. The molecule has 0 spiro atoms. The van der Waals surface area contributed by atoms with Gasteiger partial charge in [0.2, 0.25) is 0 Å². The molecular formula is C19H25Cl2NaO5. The van der Waals surface area contributed by atoms with E-state index in [1.807, 2.05) is 6.07 Å². The van der Waals surface area contributed by atoms with Crippen LogP contribution in [-0.2, 0) is 11.2 Å². The summed E-state index contributed by atoms with van der Waals surface area (Å²) in [5.41, 5.74) is 0.914. The van der Waals surface area contributed by atoms with Crippen LogP contribution in [0.1, 0.15) is 50.5 Å². The summed E-state index contributed by atoms with van der Waals surface area (Å²) in [5.74, 6) is -0.299. The molecule has 1 aliphatic carbocycles. The van der Waals surface area contributed by atoms with Gasteiger partial charge >= 0.3 is 29.6 Å². The molecular weight excluding hydrogens is 402 g/mol. The molecule has 1 aromatic carbocycles. The van der Waals surface area contributed by atoms with Gasteiger partial charge in [0.1, 0.15) is 12.4 Å². The smallest absolute Gasteiger partial charge is 0.550 e. The number of rotatable bonds is 9. The first kappa shape index (κ1) is 25.0. The van der Waals surface area contributed by atoms with E-state index in [-0.39, 0.29) is 42.6 Å². The van der Waals surface area contributed by atoms with Crippen molar-refractivity contribution in [2.75, 3.05) is 6.61 Å². The Morgan fingerprint density at radius 3 is 2.48 bits per heavy atom. The number of aliphatic hydroxyl groups excluding tert-OH is 2. The number of carbonyl (C=O) groups excluding carboxylic acids is 1. The van der Waals surface area contributed by atoms with Crippen molar-refractivity contribution < 1.29 is 54.4 Å². The predicted molar refractivity (Wildman–Crippen MR) is 98.5 cm³/mol. The van der Waals surface area contributed by atoms with E-state index >= 15 is 0 Å². The first-order valence-corrected chi connectivity index (χ1v) is 9.77. The van der Waals surface area contributed by atoms with Crippen molar-refractivity contribution >= 4 is 29.2 Å². The molecule has 0 saturated heterocycles. The fourth-order valence-corrected chi connectivity index (χ4v) is 4.06. The summed E-state index contributed by atoms with van der Waals surface area (Å²) in [6, 6.07) is 3.44. The van der Waals surface area contributed by atoms with Gasteiger partial charge in [0, 0.05) is 23.8 Å². The SMILES string of the molecule is O=C([O-])C[C@H](O)CC(O)COc1c(Cl)cc(Cl)cc1CC1CCCCC1.[Na+]. The van der Waals surface area contributed by atoms with Crippen molar-refractivity contribution in [3.8, 4) is 5.75 Å². The Morgan fingerprint density at radius 2 is 1.85 bits per heavy atom. The number of carbonyl (C=O) groups is 1. The van der Waals surface area contributed by atoms with E-state index in [1.54, 1.807) is 6.07 Å². The number of benzene rings is 1. The van der Waals surface area contributed by atoms with Crippen molar-refractivity contribution in [1.29, 1.82) is 0 Å². The van der Waals surface area contributed by atoms with Crippen molar-refractivity contribution in [2.45, 2.75) is 63.6 Å². The van der Waals surface area contributed by atoms with Gasteiger partial charge in [0.25, 0.3) is 0 Å². The van der Waals surface area contributed by atoms with Gasteiger partial charge in [-0.05, 0) is 30.0 Å². The zero-order valence-corrected chi connectivity index (χ0v) is 19.1. The van der Waals surface area contributed by atoms with Crippen LogP contribution in [0.15, 0.2) is 12.1 Å². The van der Waals surface area contributed by atoms with Crippen LogP contribution in [0, 0.1) is 5.92 Å². The Balaban J connectivity index is 0.00000364. The molecule has 1 fully saturated rings. The van der Waals surface area contributed by atoms with Crippen molar-refractivity contribution in [2.24, 2.45) is 5.92 Å². The number of carboxylic acid groups (broad SMARTS) is 1. The second-order valence-corrected chi connectivity index (χ2v) is 7.86. The van der Waals surface area contributed by atoms with Gasteiger partial charge in [-0.1, -0.05) is 55.3 Å². The number of halogens is 2. The number of ether oxygens (including phenoxy) is 1. The van der Waals surface area contributed by atoms with Gasteiger partial charge in [0.05, 0.1) is 17.2 Å². The molecule has 0 heterocycles. The molecule has 2 N–H and O–H groups in total. The number of carboxylic acids is 1. The van der Waals surface area contributed by atoms with E-state index in [2.05, 4.69) is 0 Å². The molecule has 5 nitrogen and oxygen atoms in total. The Bertz CT molecular complexity index is 608. The predicted octanol–water partition coefficient (Wildman–Crippen LogP) is -0.249. The fourth-order valence-electron chi connectivity index (χ4n) is 3.47. The molecule has 1 aromatic rings. The van der Waals surface area contributed by atoms with Crippen LogP contribution in [0.4, 0.5) is 0 Å². The Labute approximate surface area is 192 Å². The topological polar surface area (TPSA) is 89.8 Å². The maximum absolute atomic E-state index is 10.5. The van der Waals surface area contributed by atoms with Crippen LogP contribution < -0.4 is 39.4 Å². The minimum absolute atomic E-state index is 0. The third-order valence-corrected chi connectivity index (χ3v) is 5.18. The average molecular weight is 427 g/mol. The van der Waals surface area contributed by atoms with E-state index in [1.165, 1.54) is 32.1 Å². The van der Waals surface area contributed by atoms with Crippen LogP contribution in [-0.4, -0.2) is 35.0 Å². The molecule has 8 heteroatoms. The van der Waals surface area contributed by atoms with Crippen LogP contribution in [0.2, 0.25) is 10.0 Å². The monoisotopic (exact) mass is 426 g/mol. The molecule has 0 amide bonds. The van der Waals surface area contributed by atoms with Gasteiger partial charge in [0.15, 0.2) is 0 Å². The molecule has 1 unspecified atom stereocenters. The number of aliphatic carboxylic acids is 1. The second kappa shape index (κ2) is 12.5. The molecule has 27 heavy (non-hydrogen) atoms. The molecule has 1 aliphatic rings. The van der Waals surface area contributed by atoms with Crippen LogP contribution in [0.3, 0.4) is 0 Å². The van der Waals surface area contributed by atoms with Crippen LogP contribution in [0.25, 0.3) is 0 Å². The molecule has 1 saturated carbocycles. The molecule has 0 radical (unpaired) electrons. The zero-order valence-electron chi connectivity index (χ0n) is 15.6. The summed E-state index contributed by atoms with van der Waals surface area (Å²) < 4.78 is 5.72. The molecule has 146 valence electrons. The van der Waals surface area contributed by atoms with E-state index in [4.69, 9.17) is 27.9 Å². The number of hydrogen-bond donors (Lipinski definition) is 2. The maximum Gasteiger partial charge on any atom is 1.00 e. The van der Waals surface area contributed by atoms with Gasteiger partial charge < -0.3 is 24.9 Å². The number of hydrogen-bond acceptors (Lipinski definition) is 5. The summed E-state index contributed by atoms with van der Waals surface area (Å²) in [7, 11) is 0. The quantitative estimate of drug-likeness (QED) is 0.531. The van der Waals surface area contributed by atoms with E-state index in [0.29, 0.717) is 21.7 Å². The summed E-state index contributed by atoms with van der Waals surface area (Å²) in [4.78, 5) is 10.5. The molecule has 0 aromatic heterocycles. The Kier molecular flexibility index (Phi) is 11.6. The van der Waals surface area contributed by atoms with Crippen LogP contribution in [0.5, 0.6) is 5.75 Å². The normalized spacial score (nSPS) is 17.0. The maximum atomic E-state index is 10.5. The third kappa shape index (κ3) is 8.90. The van der Waals surface area contributed by atoms with Crippen LogP contribution >= 0.6 is 23.2 Å². The minimum Gasteiger partial charge on any atom is -0.550 e. The van der Waals surface area contributed by atoms with E-state index < -0.39 is 24.6 Å². The van der Waals surface area contributed by atoms with Crippen molar-refractivity contribution in [3.05, 3.63) is 27.7 Å². The molecule has 2 atom stereocenters. The molecule has 0 bridgehead atoms. The molecule has 0 aliphatic heterocycles. The third-order valence-electron chi connectivity index (χ3n) is 4.69. The summed E-state index contributed by atoms with van der Waals surface area (Å²) >= 11 is 12.4. The largest absolute Gasteiger partial charge is 1.00 e. The van der Waals surface area contributed by atoms with Gasteiger partial charge in [-0.3, -0.25) is 0 Å². The first-order chi connectivity index (χ1) is 12.3. The second-order valence-electron chi connectivity index (χ2n) is 7.01. The van der Waals surface area contributed by atoms with Gasteiger partial charge in [-0.2, -0.15) is 0 Å². The summed E-state index contributed by atoms with van der Waals surface area (Å²) in [5, 5.41) is 30.9. The van der Waals surface area contributed by atoms with Gasteiger partial charge in [-0.15, -0.1) is 0 Å². The first-order valence-electron chi connectivity index (χ1n) is 9.01. The minimum atomic E-state index is -1.36. The zero-order chi connectivity index (χ0) is 19.1. The fraction of sp³-hybridized carbons (Fsp3) is 0.632. The van der Waals surface area contributed by atoms with Gasteiger partial charge in [-0.25, -0.2) is 0 Å². The van der Waals surface area contributed by atoms with Crippen molar-refractivity contribution in [3.63, 3.8) is 0 Å². The standard InChI is InChI=1S/C19H26Cl2O5.Na/c20-14-7-13(6-12-4-2-1-3-5-12)19(17(21)8-14)26-11-16(23)9-15(22)10-18(24)25;/h7-8,12,15-16,22-23H,1-6,9-11H2,(H,24,25);/q;+1/p-1/t15-,16?;/m1./s1. The van der Waals surface area contributed by atoms with E-state index in [0.717, 1.165) is 12.0 Å².